The van der Waals surface area contributed by atoms with Crippen molar-refractivity contribution in [3.05, 3.63) is 53.3 Å². The quantitative estimate of drug-likeness (QED) is 0.813. The van der Waals surface area contributed by atoms with Gasteiger partial charge in [0, 0.05) is 18.5 Å². The molecular weight excluding hydrogens is 352 g/mol. The Balaban J connectivity index is 1.40. The van der Waals surface area contributed by atoms with Crippen LogP contribution in [-0.2, 0) is 16.4 Å². The molecule has 1 heterocycles. The molecule has 2 aliphatic rings. The van der Waals surface area contributed by atoms with Crippen LogP contribution in [0.25, 0.3) is 0 Å². The molecule has 1 aromatic heterocycles. The van der Waals surface area contributed by atoms with Gasteiger partial charge in [0.2, 0.25) is 5.09 Å². The average Bonchev–Trinajstić information content (AvgIpc) is 3.28. The van der Waals surface area contributed by atoms with Gasteiger partial charge in [0.1, 0.15) is 0 Å². The summed E-state index contributed by atoms with van der Waals surface area (Å²) in [5.74, 6) is -0.0928. The molecule has 2 aliphatic carbocycles. The SMILES string of the molecule is O=C(NCC1CCCc2ccccc21)c1ccc(S(=O)(=O)NC2CC2)o1. The lowest BCUT2D eigenvalue weighted by atomic mass is 9.83. The number of rotatable bonds is 6. The molecule has 2 N–H and O–H groups in total. The maximum Gasteiger partial charge on any atom is 0.287 e. The van der Waals surface area contributed by atoms with Crippen molar-refractivity contribution in [2.75, 3.05) is 6.54 Å². The summed E-state index contributed by atoms with van der Waals surface area (Å²) in [6, 6.07) is 11.1. The predicted molar refractivity (Wildman–Crippen MR) is 96.5 cm³/mol. The molecule has 4 rings (SSSR count). The Hall–Kier alpha value is -2.12. The number of nitrogens with one attached hydrogen (secondary N) is 2. The van der Waals surface area contributed by atoms with E-state index in [1.54, 1.807) is 0 Å². The zero-order chi connectivity index (χ0) is 18.1. The first-order valence-corrected chi connectivity index (χ1v) is 10.5. The fourth-order valence-electron chi connectivity index (χ4n) is 3.43. The third-order valence-corrected chi connectivity index (χ3v) is 6.36. The monoisotopic (exact) mass is 374 g/mol. The molecule has 1 fully saturated rings. The summed E-state index contributed by atoms with van der Waals surface area (Å²) in [5.41, 5.74) is 2.63. The Labute approximate surface area is 153 Å². The fraction of sp³-hybridized carbons (Fsp3) is 0.421. The van der Waals surface area contributed by atoms with Crippen molar-refractivity contribution in [2.24, 2.45) is 0 Å². The number of aryl methyl sites for hydroxylation is 1. The van der Waals surface area contributed by atoms with Crippen molar-refractivity contribution < 1.29 is 17.6 Å². The highest BCUT2D eigenvalue weighted by atomic mass is 32.2. The summed E-state index contributed by atoms with van der Waals surface area (Å²) in [6.07, 6.45) is 4.90. The first kappa shape index (κ1) is 17.3. The van der Waals surface area contributed by atoms with Crippen LogP contribution in [-0.4, -0.2) is 26.9 Å². The molecule has 26 heavy (non-hydrogen) atoms. The average molecular weight is 374 g/mol. The second-order valence-corrected chi connectivity index (χ2v) is 8.66. The smallest absolute Gasteiger partial charge is 0.287 e. The molecule has 0 spiro atoms. The van der Waals surface area contributed by atoms with Gasteiger partial charge in [0.15, 0.2) is 5.76 Å². The highest BCUT2D eigenvalue weighted by molar-refractivity contribution is 7.89. The molecule has 1 saturated carbocycles. The standard InChI is InChI=1S/C19H22N2O4S/c22-19(17-10-11-18(25-17)26(23,24)21-15-8-9-15)20-12-14-6-3-5-13-4-1-2-7-16(13)14/h1-2,4,7,10-11,14-15,21H,3,5-6,8-9,12H2,(H,20,22). The molecule has 1 amide bonds. The molecule has 6 nitrogen and oxygen atoms in total. The summed E-state index contributed by atoms with van der Waals surface area (Å²) in [4.78, 5) is 12.4. The molecule has 1 aromatic carbocycles. The minimum atomic E-state index is -3.68. The van der Waals surface area contributed by atoms with Gasteiger partial charge >= 0.3 is 0 Å². The van der Waals surface area contributed by atoms with Crippen molar-refractivity contribution in [3.8, 4) is 0 Å². The van der Waals surface area contributed by atoms with Crippen molar-refractivity contribution >= 4 is 15.9 Å². The Morgan fingerprint density at radius 2 is 1.92 bits per heavy atom. The van der Waals surface area contributed by atoms with Crippen molar-refractivity contribution in [2.45, 2.75) is 49.2 Å². The van der Waals surface area contributed by atoms with Crippen LogP contribution in [0.3, 0.4) is 0 Å². The fourth-order valence-corrected chi connectivity index (χ4v) is 4.67. The largest absolute Gasteiger partial charge is 0.438 e. The number of benzene rings is 1. The zero-order valence-electron chi connectivity index (χ0n) is 14.4. The number of sulfonamides is 1. The van der Waals surface area contributed by atoms with E-state index in [2.05, 4.69) is 22.2 Å². The lowest BCUT2D eigenvalue weighted by Crippen LogP contribution is -2.29. The van der Waals surface area contributed by atoms with Crippen molar-refractivity contribution in [1.29, 1.82) is 0 Å². The number of fused-ring (bicyclic) bond motifs is 1. The Morgan fingerprint density at radius 1 is 1.12 bits per heavy atom. The van der Waals surface area contributed by atoms with Gasteiger partial charge in [-0.2, -0.15) is 0 Å². The van der Waals surface area contributed by atoms with Crippen molar-refractivity contribution in [1.82, 2.24) is 10.0 Å². The number of carbonyl (C=O) groups is 1. The lowest BCUT2D eigenvalue weighted by molar-refractivity contribution is 0.0917. The van der Waals surface area contributed by atoms with E-state index >= 15 is 0 Å². The van der Waals surface area contributed by atoms with Crippen LogP contribution < -0.4 is 10.0 Å². The van der Waals surface area contributed by atoms with E-state index in [1.807, 2.05) is 12.1 Å². The highest BCUT2D eigenvalue weighted by Gasteiger charge is 2.30. The third kappa shape index (κ3) is 3.68. The van der Waals surface area contributed by atoms with Gasteiger partial charge in [-0.25, -0.2) is 13.1 Å². The number of amides is 1. The Kier molecular flexibility index (Phi) is 4.58. The van der Waals surface area contributed by atoms with Gasteiger partial charge in [0.05, 0.1) is 0 Å². The molecule has 138 valence electrons. The van der Waals surface area contributed by atoms with Crippen molar-refractivity contribution in [3.63, 3.8) is 0 Å². The van der Waals surface area contributed by atoms with Gasteiger partial charge in [-0.3, -0.25) is 4.79 Å². The second kappa shape index (κ2) is 6.89. The second-order valence-electron chi connectivity index (χ2n) is 7.01. The highest BCUT2D eigenvalue weighted by Crippen LogP contribution is 2.31. The number of hydrogen-bond acceptors (Lipinski definition) is 4. The van der Waals surface area contributed by atoms with Gasteiger partial charge in [-0.15, -0.1) is 0 Å². The predicted octanol–water partition coefficient (Wildman–Crippen LogP) is 2.57. The molecule has 2 aromatic rings. The van der Waals surface area contributed by atoms with E-state index in [-0.39, 0.29) is 28.7 Å². The first-order valence-electron chi connectivity index (χ1n) is 9.01. The maximum atomic E-state index is 12.4. The van der Waals surface area contributed by atoms with E-state index in [0.29, 0.717) is 6.54 Å². The number of hydrogen-bond donors (Lipinski definition) is 2. The van der Waals surface area contributed by atoms with E-state index in [0.717, 1.165) is 32.1 Å². The summed E-state index contributed by atoms with van der Waals surface area (Å²) >= 11 is 0. The molecule has 0 radical (unpaired) electrons. The van der Waals surface area contributed by atoms with E-state index in [1.165, 1.54) is 23.3 Å². The lowest BCUT2D eigenvalue weighted by Gasteiger charge is -2.25. The van der Waals surface area contributed by atoms with E-state index < -0.39 is 10.0 Å². The molecule has 0 aliphatic heterocycles. The van der Waals surface area contributed by atoms with Crippen LogP contribution in [0.15, 0.2) is 45.9 Å². The van der Waals surface area contributed by atoms with Gasteiger partial charge in [0.25, 0.3) is 15.9 Å². The van der Waals surface area contributed by atoms with Crippen LogP contribution in [0.2, 0.25) is 0 Å². The Bertz CT molecular complexity index is 915. The number of carbonyl (C=O) groups excluding carboxylic acids is 1. The number of furan rings is 1. The normalized spacial score (nSPS) is 19.8. The van der Waals surface area contributed by atoms with Crippen LogP contribution >= 0.6 is 0 Å². The first-order chi connectivity index (χ1) is 12.5. The summed E-state index contributed by atoms with van der Waals surface area (Å²) in [7, 11) is -3.68. The summed E-state index contributed by atoms with van der Waals surface area (Å²) < 4.78 is 32.1. The maximum absolute atomic E-state index is 12.4. The Morgan fingerprint density at radius 3 is 2.73 bits per heavy atom. The van der Waals surface area contributed by atoms with Crippen LogP contribution in [0.5, 0.6) is 0 Å². The third-order valence-electron chi connectivity index (χ3n) is 4.97. The molecule has 0 saturated heterocycles. The molecule has 1 unspecified atom stereocenters. The minimum absolute atomic E-state index is 0.00579. The molecule has 1 atom stereocenters. The van der Waals surface area contributed by atoms with Crippen LogP contribution in [0, 0.1) is 0 Å². The topological polar surface area (TPSA) is 88.4 Å². The summed E-state index contributed by atoms with van der Waals surface area (Å²) in [5, 5.41) is 2.67. The van der Waals surface area contributed by atoms with E-state index in [4.69, 9.17) is 4.42 Å². The molecular formula is C19H22N2O4S. The van der Waals surface area contributed by atoms with Gasteiger partial charge < -0.3 is 9.73 Å². The minimum Gasteiger partial charge on any atom is -0.438 e. The van der Waals surface area contributed by atoms with Gasteiger partial charge in [-0.05, 0) is 55.4 Å². The van der Waals surface area contributed by atoms with Gasteiger partial charge in [-0.1, -0.05) is 24.3 Å². The summed E-state index contributed by atoms with van der Waals surface area (Å²) in [6.45, 7) is 0.513. The zero-order valence-corrected chi connectivity index (χ0v) is 15.2. The van der Waals surface area contributed by atoms with Crippen LogP contribution in [0.1, 0.15) is 53.3 Å². The van der Waals surface area contributed by atoms with E-state index in [9.17, 15) is 13.2 Å². The molecule has 7 heteroatoms. The molecule has 0 bridgehead atoms. The van der Waals surface area contributed by atoms with Crippen LogP contribution in [0.4, 0.5) is 0 Å².